The lowest BCUT2D eigenvalue weighted by Crippen LogP contribution is -1.87. The van der Waals surface area contributed by atoms with E-state index in [4.69, 9.17) is 11.6 Å². The molecule has 2 N–H and O–H groups in total. The van der Waals surface area contributed by atoms with Crippen molar-refractivity contribution in [3.05, 3.63) is 64.9 Å². The summed E-state index contributed by atoms with van der Waals surface area (Å²) in [4.78, 5) is 4.17. The van der Waals surface area contributed by atoms with E-state index >= 15 is 0 Å². The fourth-order valence-electron chi connectivity index (χ4n) is 2.34. The number of fused-ring (bicyclic) bond motifs is 1. The van der Waals surface area contributed by atoms with Crippen molar-refractivity contribution in [2.75, 3.05) is 0 Å². The summed E-state index contributed by atoms with van der Waals surface area (Å²) in [7, 11) is 0. The van der Waals surface area contributed by atoms with Crippen LogP contribution >= 0.6 is 11.6 Å². The van der Waals surface area contributed by atoms with E-state index in [-0.39, 0.29) is 28.0 Å². The molecule has 0 aliphatic rings. The summed E-state index contributed by atoms with van der Waals surface area (Å²) in [6.07, 6.45) is 2.01. The maximum atomic E-state index is 12.9. The number of hydrogen-bond acceptors (Lipinski definition) is 3. The average Bonchev–Trinajstić information content (AvgIpc) is 2.57. The second-order valence-corrected chi connectivity index (χ2v) is 5.43. The number of benzene rings is 3. The number of nitrogens with zero attached hydrogens (tertiary/aromatic N) is 1. The molecule has 3 aromatic rings. The SMILES string of the molecule is Oc1c(Cl)c(N=CCc2ccc(F)cc2)c(O)c2ccccc12. The van der Waals surface area contributed by atoms with Crippen LogP contribution in [-0.4, -0.2) is 16.4 Å². The van der Waals surface area contributed by atoms with Crippen LogP contribution in [0.25, 0.3) is 10.8 Å². The van der Waals surface area contributed by atoms with E-state index in [0.29, 0.717) is 17.2 Å². The molecule has 0 saturated heterocycles. The van der Waals surface area contributed by atoms with Gasteiger partial charge in [-0.15, -0.1) is 0 Å². The normalized spacial score (nSPS) is 11.4. The Balaban J connectivity index is 1.96. The predicted molar refractivity (Wildman–Crippen MR) is 90.5 cm³/mol. The summed E-state index contributed by atoms with van der Waals surface area (Å²) in [6, 6.07) is 12.9. The van der Waals surface area contributed by atoms with E-state index in [0.717, 1.165) is 5.56 Å². The Morgan fingerprint density at radius 1 is 0.957 bits per heavy atom. The Morgan fingerprint density at radius 2 is 1.57 bits per heavy atom. The molecule has 0 bridgehead atoms. The number of aromatic hydroxyl groups is 2. The maximum Gasteiger partial charge on any atom is 0.150 e. The van der Waals surface area contributed by atoms with Gasteiger partial charge in [0.05, 0.1) is 0 Å². The molecule has 3 rings (SSSR count). The molecule has 0 unspecified atom stereocenters. The highest BCUT2D eigenvalue weighted by Gasteiger charge is 2.16. The van der Waals surface area contributed by atoms with Gasteiger partial charge in [-0.2, -0.15) is 0 Å². The molecule has 0 aliphatic heterocycles. The third kappa shape index (κ3) is 2.98. The lowest BCUT2D eigenvalue weighted by Gasteiger charge is -2.09. The molecule has 0 saturated carbocycles. The summed E-state index contributed by atoms with van der Waals surface area (Å²) >= 11 is 6.11. The molecule has 116 valence electrons. The summed E-state index contributed by atoms with van der Waals surface area (Å²) in [5.41, 5.74) is 0.987. The highest BCUT2D eigenvalue weighted by molar-refractivity contribution is 6.36. The van der Waals surface area contributed by atoms with Crippen LogP contribution in [0.3, 0.4) is 0 Å². The standard InChI is InChI=1S/C18H13ClFNO2/c19-15-16(21-10-9-11-5-7-12(20)8-6-11)18(23)14-4-2-1-3-13(14)17(15)22/h1-8,10,22-23H,9H2. The van der Waals surface area contributed by atoms with Gasteiger partial charge in [0.25, 0.3) is 0 Å². The third-order valence-electron chi connectivity index (χ3n) is 3.54. The summed E-state index contributed by atoms with van der Waals surface area (Å²) in [6.45, 7) is 0. The Hall–Kier alpha value is -2.59. The van der Waals surface area contributed by atoms with Crippen molar-refractivity contribution >= 4 is 34.3 Å². The molecule has 5 heteroatoms. The first-order valence-corrected chi connectivity index (χ1v) is 7.35. The molecule has 0 fully saturated rings. The van der Waals surface area contributed by atoms with Crippen LogP contribution in [0.15, 0.2) is 53.5 Å². The van der Waals surface area contributed by atoms with E-state index in [1.807, 2.05) is 0 Å². The van der Waals surface area contributed by atoms with Crippen LogP contribution in [0.5, 0.6) is 11.5 Å². The van der Waals surface area contributed by atoms with Gasteiger partial charge in [-0.3, -0.25) is 4.99 Å². The van der Waals surface area contributed by atoms with Crippen LogP contribution < -0.4 is 0 Å². The van der Waals surface area contributed by atoms with Crippen LogP contribution in [-0.2, 0) is 6.42 Å². The highest BCUT2D eigenvalue weighted by Crippen LogP contribution is 2.47. The van der Waals surface area contributed by atoms with Gasteiger partial charge in [0.2, 0.25) is 0 Å². The van der Waals surface area contributed by atoms with Gasteiger partial charge in [0.15, 0.2) is 5.75 Å². The molecule has 0 spiro atoms. The van der Waals surface area contributed by atoms with Gasteiger partial charge in [0, 0.05) is 23.4 Å². The Labute approximate surface area is 137 Å². The van der Waals surface area contributed by atoms with Crippen molar-refractivity contribution < 1.29 is 14.6 Å². The van der Waals surface area contributed by atoms with Crippen molar-refractivity contribution in [2.45, 2.75) is 6.42 Å². The van der Waals surface area contributed by atoms with Crippen LogP contribution in [0.4, 0.5) is 10.1 Å². The molecule has 3 aromatic carbocycles. The van der Waals surface area contributed by atoms with E-state index in [9.17, 15) is 14.6 Å². The van der Waals surface area contributed by atoms with Crippen molar-refractivity contribution in [2.24, 2.45) is 4.99 Å². The number of hydrogen-bond donors (Lipinski definition) is 2. The topological polar surface area (TPSA) is 52.8 Å². The molecular weight excluding hydrogens is 317 g/mol. The number of rotatable bonds is 3. The van der Waals surface area contributed by atoms with Crippen LogP contribution in [0.2, 0.25) is 5.02 Å². The zero-order valence-electron chi connectivity index (χ0n) is 12.0. The van der Waals surface area contributed by atoms with Crippen molar-refractivity contribution in [3.63, 3.8) is 0 Å². The molecule has 3 nitrogen and oxygen atoms in total. The number of phenolic OH excluding ortho intramolecular Hbond substituents is 2. The first-order chi connectivity index (χ1) is 11.1. The Morgan fingerprint density at radius 3 is 2.22 bits per heavy atom. The largest absolute Gasteiger partial charge is 0.506 e. The summed E-state index contributed by atoms with van der Waals surface area (Å²) < 4.78 is 12.9. The summed E-state index contributed by atoms with van der Waals surface area (Å²) in [5, 5.41) is 21.4. The molecule has 0 radical (unpaired) electrons. The van der Waals surface area contributed by atoms with Gasteiger partial charge >= 0.3 is 0 Å². The maximum absolute atomic E-state index is 12.9. The molecule has 0 amide bonds. The molecule has 23 heavy (non-hydrogen) atoms. The van der Waals surface area contributed by atoms with Crippen LogP contribution in [0.1, 0.15) is 5.56 Å². The monoisotopic (exact) mass is 329 g/mol. The van der Waals surface area contributed by atoms with E-state index in [2.05, 4.69) is 4.99 Å². The zero-order chi connectivity index (χ0) is 16.4. The van der Waals surface area contributed by atoms with Gasteiger partial charge in [0.1, 0.15) is 22.3 Å². The van der Waals surface area contributed by atoms with Crippen LogP contribution in [0, 0.1) is 5.82 Å². The molecule has 0 aliphatic carbocycles. The summed E-state index contributed by atoms with van der Waals surface area (Å²) in [5.74, 6) is -0.501. The first kappa shape index (κ1) is 15.3. The smallest absolute Gasteiger partial charge is 0.150 e. The number of aliphatic imine (C=N–C) groups is 1. The van der Waals surface area contributed by atoms with E-state index in [1.54, 1.807) is 42.6 Å². The minimum absolute atomic E-state index is 0.00319. The number of phenols is 2. The second kappa shape index (κ2) is 6.26. The lowest BCUT2D eigenvalue weighted by molar-refractivity contribution is 0.471. The Kier molecular flexibility index (Phi) is 4.17. The molecule has 0 atom stereocenters. The number of halogens is 2. The third-order valence-corrected chi connectivity index (χ3v) is 3.90. The van der Waals surface area contributed by atoms with Gasteiger partial charge in [-0.1, -0.05) is 48.0 Å². The fourth-order valence-corrected chi connectivity index (χ4v) is 2.58. The highest BCUT2D eigenvalue weighted by atomic mass is 35.5. The zero-order valence-corrected chi connectivity index (χ0v) is 12.8. The molecule has 0 aromatic heterocycles. The second-order valence-electron chi connectivity index (χ2n) is 5.05. The minimum Gasteiger partial charge on any atom is -0.506 e. The van der Waals surface area contributed by atoms with Crippen molar-refractivity contribution in [3.8, 4) is 11.5 Å². The van der Waals surface area contributed by atoms with Gasteiger partial charge in [-0.05, 0) is 17.7 Å². The van der Waals surface area contributed by atoms with E-state index < -0.39 is 0 Å². The Bertz CT molecular complexity index is 892. The molecular formula is C18H13ClFNO2. The van der Waals surface area contributed by atoms with E-state index in [1.165, 1.54) is 12.1 Å². The quantitative estimate of drug-likeness (QED) is 0.525. The van der Waals surface area contributed by atoms with Gasteiger partial charge < -0.3 is 10.2 Å². The molecule has 0 heterocycles. The lowest BCUT2D eigenvalue weighted by atomic mass is 10.1. The first-order valence-electron chi connectivity index (χ1n) is 6.97. The average molecular weight is 330 g/mol. The van der Waals surface area contributed by atoms with Gasteiger partial charge in [-0.25, -0.2) is 4.39 Å². The fraction of sp³-hybridized carbons (Fsp3) is 0.0556. The van der Waals surface area contributed by atoms with Crippen molar-refractivity contribution in [1.82, 2.24) is 0 Å². The minimum atomic E-state index is -0.300. The van der Waals surface area contributed by atoms with Crippen molar-refractivity contribution in [1.29, 1.82) is 0 Å². The predicted octanol–water partition coefficient (Wildman–Crippen LogP) is 4.99.